The smallest absolute Gasteiger partial charge is 0.402 e. The first-order chi connectivity index (χ1) is 7.37. The third-order valence-electron chi connectivity index (χ3n) is 1.62. The van der Waals surface area contributed by atoms with Gasteiger partial charge in [-0.15, -0.1) is 13.2 Å². The predicted molar refractivity (Wildman–Crippen MR) is 48.6 cm³/mol. The molecular formula is C8H8F3N3O2. The Morgan fingerprint density at radius 2 is 2.12 bits per heavy atom. The van der Waals surface area contributed by atoms with Crippen molar-refractivity contribution in [2.24, 2.45) is 5.73 Å². The fourth-order valence-electron chi connectivity index (χ4n) is 1.06. The molecule has 8 heteroatoms. The molecule has 0 radical (unpaired) electrons. The summed E-state index contributed by atoms with van der Waals surface area (Å²) in [5, 5.41) is 0. The van der Waals surface area contributed by atoms with E-state index in [0.717, 1.165) is 6.07 Å². The van der Waals surface area contributed by atoms with E-state index in [4.69, 9.17) is 11.5 Å². The number of pyridine rings is 1. The number of nitrogens with two attached hydrogens (primary N) is 2. The van der Waals surface area contributed by atoms with Crippen LogP contribution < -0.4 is 16.2 Å². The summed E-state index contributed by atoms with van der Waals surface area (Å²) in [7, 11) is 0. The van der Waals surface area contributed by atoms with Gasteiger partial charge in [0, 0.05) is 6.54 Å². The van der Waals surface area contributed by atoms with Crippen molar-refractivity contribution >= 4 is 12.0 Å². The summed E-state index contributed by atoms with van der Waals surface area (Å²) >= 11 is 0. The van der Waals surface area contributed by atoms with Crippen LogP contribution in [0.2, 0.25) is 0 Å². The lowest BCUT2D eigenvalue weighted by atomic mass is 10.2. The van der Waals surface area contributed by atoms with Crippen molar-refractivity contribution in [2.75, 3.05) is 5.73 Å². The van der Waals surface area contributed by atoms with Gasteiger partial charge in [0.15, 0.2) is 12.0 Å². The molecule has 16 heavy (non-hydrogen) atoms. The van der Waals surface area contributed by atoms with Crippen LogP contribution in [-0.2, 0) is 6.54 Å². The molecule has 0 spiro atoms. The number of aldehydes is 1. The van der Waals surface area contributed by atoms with Crippen LogP contribution >= 0.6 is 0 Å². The molecule has 0 aromatic carbocycles. The van der Waals surface area contributed by atoms with Gasteiger partial charge in [-0.1, -0.05) is 0 Å². The Labute approximate surface area is 88.2 Å². The van der Waals surface area contributed by atoms with E-state index >= 15 is 0 Å². The molecule has 0 aliphatic rings. The van der Waals surface area contributed by atoms with Crippen LogP contribution in [0.15, 0.2) is 6.07 Å². The van der Waals surface area contributed by atoms with E-state index in [1.165, 1.54) is 0 Å². The van der Waals surface area contributed by atoms with Gasteiger partial charge in [0.1, 0.15) is 5.69 Å². The molecule has 1 heterocycles. The molecule has 0 amide bonds. The first-order valence-electron chi connectivity index (χ1n) is 4.07. The highest BCUT2D eigenvalue weighted by Crippen LogP contribution is 2.31. The molecule has 0 saturated heterocycles. The maximum atomic E-state index is 12.0. The molecule has 1 aromatic rings. The van der Waals surface area contributed by atoms with Gasteiger partial charge in [-0.25, -0.2) is 4.98 Å². The molecule has 0 aliphatic heterocycles. The van der Waals surface area contributed by atoms with E-state index in [1.54, 1.807) is 0 Å². The predicted octanol–water partition coefficient (Wildman–Crippen LogP) is 0.834. The molecule has 0 unspecified atom stereocenters. The average Bonchev–Trinajstić information content (AvgIpc) is 2.19. The van der Waals surface area contributed by atoms with Crippen LogP contribution in [0, 0.1) is 0 Å². The van der Waals surface area contributed by atoms with Crippen LogP contribution in [-0.4, -0.2) is 17.6 Å². The molecule has 1 rings (SSSR count). The second-order valence-electron chi connectivity index (χ2n) is 2.78. The van der Waals surface area contributed by atoms with Crippen LogP contribution in [0.3, 0.4) is 0 Å². The van der Waals surface area contributed by atoms with Gasteiger partial charge in [0.25, 0.3) is 0 Å². The average molecular weight is 235 g/mol. The van der Waals surface area contributed by atoms with Gasteiger partial charge in [-0.2, -0.15) is 0 Å². The summed E-state index contributed by atoms with van der Waals surface area (Å²) in [5.74, 6) is -0.666. The highest BCUT2D eigenvalue weighted by Gasteiger charge is 2.33. The quantitative estimate of drug-likeness (QED) is 0.757. The van der Waals surface area contributed by atoms with Crippen LogP contribution in [0.4, 0.5) is 18.9 Å². The summed E-state index contributed by atoms with van der Waals surface area (Å²) in [6, 6.07) is 0.979. The van der Waals surface area contributed by atoms with Gasteiger partial charge < -0.3 is 16.2 Å². The number of aromatic nitrogens is 1. The Balaban J connectivity index is 3.21. The lowest BCUT2D eigenvalue weighted by Gasteiger charge is -2.14. The molecule has 0 saturated carbocycles. The van der Waals surface area contributed by atoms with E-state index in [0.29, 0.717) is 6.29 Å². The minimum absolute atomic E-state index is 0.104. The van der Waals surface area contributed by atoms with Gasteiger partial charge in [-0.3, -0.25) is 4.79 Å². The monoisotopic (exact) mass is 235 g/mol. The van der Waals surface area contributed by atoms with Crippen molar-refractivity contribution in [1.82, 2.24) is 4.98 Å². The number of halogens is 3. The fourth-order valence-corrected chi connectivity index (χ4v) is 1.06. The van der Waals surface area contributed by atoms with Gasteiger partial charge in [0.2, 0.25) is 0 Å². The van der Waals surface area contributed by atoms with Crippen molar-refractivity contribution in [2.45, 2.75) is 12.9 Å². The summed E-state index contributed by atoms with van der Waals surface area (Å²) in [6.45, 7) is -0.322. The molecule has 1 aromatic heterocycles. The van der Waals surface area contributed by atoms with E-state index in [2.05, 4.69) is 9.72 Å². The number of hydrogen-bond acceptors (Lipinski definition) is 5. The minimum Gasteiger partial charge on any atom is -0.402 e. The third-order valence-corrected chi connectivity index (χ3v) is 1.62. The Bertz CT molecular complexity index is 406. The zero-order valence-corrected chi connectivity index (χ0v) is 7.91. The molecule has 5 nitrogen and oxygen atoms in total. The number of carbonyl (C=O) groups is 1. The summed E-state index contributed by atoms with van der Waals surface area (Å²) in [5.41, 5.74) is 9.82. The second-order valence-corrected chi connectivity index (χ2v) is 2.78. The maximum Gasteiger partial charge on any atom is 0.573 e. The Hall–Kier alpha value is -1.83. The molecule has 88 valence electrons. The molecule has 4 N–H and O–H groups in total. The standard InChI is InChI=1S/C8H8F3N3O2/c9-8(10,11)16-7-5(13)1-4(3-15)14-6(7)2-12/h1,3H,2,12H2,(H2,13,14). The first-order valence-corrected chi connectivity index (χ1v) is 4.07. The minimum atomic E-state index is -4.89. The molecule has 0 bridgehead atoms. The Morgan fingerprint density at radius 3 is 2.56 bits per heavy atom. The highest BCUT2D eigenvalue weighted by atomic mass is 19.4. The fraction of sp³-hybridized carbons (Fsp3) is 0.250. The van der Waals surface area contributed by atoms with E-state index in [9.17, 15) is 18.0 Å². The Morgan fingerprint density at radius 1 is 1.50 bits per heavy atom. The molecule has 0 aliphatic carbocycles. The number of anilines is 1. The Kier molecular flexibility index (Phi) is 3.33. The lowest BCUT2D eigenvalue weighted by molar-refractivity contribution is -0.274. The van der Waals surface area contributed by atoms with Crippen LogP contribution in [0.25, 0.3) is 0 Å². The topological polar surface area (TPSA) is 91.2 Å². The van der Waals surface area contributed by atoms with Crippen molar-refractivity contribution < 1.29 is 22.7 Å². The zero-order valence-electron chi connectivity index (χ0n) is 7.91. The number of hydrogen-bond donors (Lipinski definition) is 2. The largest absolute Gasteiger partial charge is 0.573 e. The van der Waals surface area contributed by atoms with Crippen molar-refractivity contribution in [3.63, 3.8) is 0 Å². The molecular weight excluding hydrogens is 227 g/mol. The van der Waals surface area contributed by atoms with E-state index < -0.39 is 12.1 Å². The summed E-state index contributed by atoms with van der Waals surface area (Å²) in [6.07, 6.45) is -4.53. The van der Waals surface area contributed by atoms with Gasteiger partial charge >= 0.3 is 6.36 Å². The van der Waals surface area contributed by atoms with Gasteiger partial charge in [0.05, 0.1) is 11.4 Å². The van der Waals surface area contributed by atoms with Gasteiger partial charge in [-0.05, 0) is 6.07 Å². The number of rotatable bonds is 3. The number of ether oxygens (including phenoxy) is 1. The zero-order chi connectivity index (χ0) is 12.3. The number of nitrogens with zero attached hydrogens (tertiary/aromatic N) is 1. The number of carbonyl (C=O) groups excluding carboxylic acids is 1. The molecule has 0 atom stereocenters. The summed E-state index contributed by atoms with van der Waals surface area (Å²) in [4.78, 5) is 14.0. The maximum absolute atomic E-state index is 12.0. The van der Waals surface area contributed by atoms with Crippen molar-refractivity contribution in [1.29, 1.82) is 0 Å². The molecule has 0 fully saturated rings. The SMILES string of the molecule is NCc1nc(C=O)cc(N)c1OC(F)(F)F. The number of alkyl halides is 3. The van der Waals surface area contributed by atoms with Crippen LogP contribution in [0.5, 0.6) is 5.75 Å². The normalized spacial score (nSPS) is 11.2. The van der Waals surface area contributed by atoms with E-state index in [-0.39, 0.29) is 23.6 Å². The highest BCUT2D eigenvalue weighted by molar-refractivity contribution is 5.75. The van der Waals surface area contributed by atoms with Crippen molar-refractivity contribution in [3.05, 3.63) is 17.5 Å². The van der Waals surface area contributed by atoms with Crippen LogP contribution in [0.1, 0.15) is 16.2 Å². The van der Waals surface area contributed by atoms with E-state index in [1.807, 2.05) is 0 Å². The lowest BCUT2D eigenvalue weighted by Crippen LogP contribution is -2.20. The third kappa shape index (κ3) is 2.83. The van der Waals surface area contributed by atoms with Crippen molar-refractivity contribution in [3.8, 4) is 5.75 Å². The first kappa shape index (κ1) is 12.2. The number of nitrogen functional groups attached to an aromatic ring is 1. The summed E-state index contributed by atoms with van der Waals surface area (Å²) < 4.78 is 39.7. The second kappa shape index (κ2) is 4.35.